The Kier molecular flexibility index (Phi) is 4.74. The van der Waals surface area contributed by atoms with Gasteiger partial charge in [-0.05, 0) is 36.8 Å². The van der Waals surface area contributed by atoms with E-state index in [0.717, 1.165) is 12.1 Å². The zero-order chi connectivity index (χ0) is 17.8. The van der Waals surface area contributed by atoms with Gasteiger partial charge in [-0.25, -0.2) is 0 Å². The number of nitrogens with zero attached hydrogens (tertiary/aromatic N) is 2. The van der Waals surface area contributed by atoms with Gasteiger partial charge in [-0.3, -0.25) is 19.7 Å². The van der Waals surface area contributed by atoms with E-state index < -0.39 is 4.92 Å². The second-order valence-electron chi connectivity index (χ2n) is 5.63. The summed E-state index contributed by atoms with van der Waals surface area (Å²) in [7, 11) is 0. The van der Waals surface area contributed by atoms with Crippen LogP contribution in [0.15, 0.2) is 48.5 Å². The van der Waals surface area contributed by atoms with E-state index >= 15 is 0 Å². The molecule has 1 fully saturated rings. The zero-order valence-electron chi connectivity index (χ0n) is 13.4. The van der Waals surface area contributed by atoms with Gasteiger partial charge in [-0.1, -0.05) is 12.1 Å². The molecule has 0 bridgehead atoms. The van der Waals surface area contributed by atoms with Gasteiger partial charge in [0.2, 0.25) is 5.91 Å². The third-order valence-electron chi connectivity index (χ3n) is 4.00. The molecule has 0 atom stereocenters. The first-order valence-corrected chi connectivity index (χ1v) is 7.86. The molecule has 1 aliphatic rings. The molecule has 7 nitrogen and oxygen atoms in total. The van der Waals surface area contributed by atoms with Crippen molar-refractivity contribution in [1.82, 2.24) is 0 Å². The van der Waals surface area contributed by atoms with Gasteiger partial charge in [0.1, 0.15) is 0 Å². The lowest BCUT2D eigenvalue weighted by Gasteiger charge is -2.15. The summed E-state index contributed by atoms with van der Waals surface area (Å²) in [5.74, 6) is -0.156. The number of anilines is 1. The van der Waals surface area contributed by atoms with Gasteiger partial charge >= 0.3 is 5.69 Å². The predicted octanol–water partition coefficient (Wildman–Crippen LogP) is 2.98. The smallest absolute Gasteiger partial charge is 0.310 e. The fourth-order valence-electron chi connectivity index (χ4n) is 2.71. The lowest BCUT2D eigenvalue weighted by Crippen LogP contribution is -2.23. The van der Waals surface area contributed by atoms with E-state index in [1.165, 1.54) is 18.2 Å². The average Bonchev–Trinajstić information content (AvgIpc) is 3.06. The Labute approximate surface area is 144 Å². The van der Waals surface area contributed by atoms with E-state index in [0.29, 0.717) is 18.5 Å². The second kappa shape index (κ2) is 7.12. The summed E-state index contributed by atoms with van der Waals surface area (Å²) in [6.45, 7) is 0.389. The highest BCUT2D eigenvalue weighted by Gasteiger charge is 2.22. The van der Waals surface area contributed by atoms with E-state index in [2.05, 4.69) is 0 Å². The number of amides is 1. The maximum Gasteiger partial charge on any atom is 0.310 e. The van der Waals surface area contributed by atoms with Crippen LogP contribution in [0.1, 0.15) is 23.2 Å². The highest BCUT2D eigenvalue weighted by molar-refractivity contribution is 5.99. The number of benzene rings is 2. The molecule has 3 rings (SSSR count). The van der Waals surface area contributed by atoms with Crippen LogP contribution in [0.2, 0.25) is 0 Å². The molecule has 1 heterocycles. The Morgan fingerprint density at radius 3 is 2.52 bits per heavy atom. The van der Waals surface area contributed by atoms with Crippen LogP contribution in [0.25, 0.3) is 0 Å². The molecule has 0 N–H and O–H groups in total. The fraction of sp³-hybridized carbons (Fsp3) is 0.222. The Bertz CT molecular complexity index is 816. The van der Waals surface area contributed by atoms with Crippen molar-refractivity contribution >= 4 is 23.1 Å². The van der Waals surface area contributed by atoms with Crippen molar-refractivity contribution in [1.29, 1.82) is 0 Å². The standard InChI is InChI=1S/C18H16N2O5/c21-16(12-25-17-5-2-1-4-15(17)20(23)24)13-7-9-14(10-8-13)19-11-3-6-18(19)22/h1-2,4-5,7-10H,3,6,11-12H2. The molecule has 1 aliphatic heterocycles. The summed E-state index contributed by atoms with van der Waals surface area (Å²) in [5.41, 5.74) is 1.01. The molecule has 25 heavy (non-hydrogen) atoms. The maximum atomic E-state index is 12.2. The normalized spacial score (nSPS) is 13.8. The third-order valence-corrected chi connectivity index (χ3v) is 4.00. The first kappa shape index (κ1) is 16.6. The predicted molar refractivity (Wildman–Crippen MR) is 91.0 cm³/mol. The van der Waals surface area contributed by atoms with Crippen LogP contribution in [-0.2, 0) is 4.79 Å². The number of carbonyl (C=O) groups is 2. The molecule has 7 heteroatoms. The first-order valence-electron chi connectivity index (χ1n) is 7.86. The number of hydrogen-bond acceptors (Lipinski definition) is 5. The topological polar surface area (TPSA) is 89.8 Å². The van der Waals surface area contributed by atoms with Crippen LogP contribution >= 0.6 is 0 Å². The summed E-state index contributed by atoms with van der Waals surface area (Å²) in [6, 6.07) is 12.6. The molecule has 2 aromatic rings. The van der Waals surface area contributed by atoms with Crippen LogP contribution in [0.4, 0.5) is 11.4 Å². The van der Waals surface area contributed by atoms with Crippen molar-refractivity contribution in [3.05, 3.63) is 64.2 Å². The molecule has 1 amide bonds. The van der Waals surface area contributed by atoms with Crippen molar-refractivity contribution in [2.45, 2.75) is 12.8 Å². The maximum absolute atomic E-state index is 12.2. The molecule has 0 aliphatic carbocycles. The van der Waals surface area contributed by atoms with Crippen LogP contribution in [-0.4, -0.2) is 29.8 Å². The second-order valence-corrected chi connectivity index (χ2v) is 5.63. The number of para-hydroxylation sites is 2. The molecule has 0 unspecified atom stereocenters. The van der Waals surface area contributed by atoms with Gasteiger partial charge in [0.15, 0.2) is 18.1 Å². The molecular weight excluding hydrogens is 324 g/mol. The number of rotatable bonds is 6. The molecule has 1 saturated heterocycles. The van der Waals surface area contributed by atoms with Crippen molar-refractivity contribution in [2.24, 2.45) is 0 Å². The zero-order valence-corrected chi connectivity index (χ0v) is 13.4. The number of nitro groups is 1. The van der Waals surface area contributed by atoms with E-state index in [4.69, 9.17) is 4.74 Å². The van der Waals surface area contributed by atoms with Crippen molar-refractivity contribution < 1.29 is 19.2 Å². The molecular formula is C18H16N2O5. The Balaban J connectivity index is 1.66. The molecule has 0 aromatic heterocycles. The van der Waals surface area contributed by atoms with Crippen LogP contribution in [0.3, 0.4) is 0 Å². The van der Waals surface area contributed by atoms with Gasteiger partial charge in [0.05, 0.1) is 4.92 Å². The number of hydrogen-bond donors (Lipinski definition) is 0. The van der Waals surface area contributed by atoms with Crippen LogP contribution in [0, 0.1) is 10.1 Å². The molecule has 0 radical (unpaired) electrons. The van der Waals surface area contributed by atoms with Gasteiger partial charge in [-0.15, -0.1) is 0 Å². The van der Waals surface area contributed by atoms with Gasteiger partial charge in [0.25, 0.3) is 0 Å². The Morgan fingerprint density at radius 1 is 1.16 bits per heavy atom. The van der Waals surface area contributed by atoms with Crippen LogP contribution < -0.4 is 9.64 Å². The van der Waals surface area contributed by atoms with E-state index in [1.54, 1.807) is 35.2 Å². The number of Topliss-reactive ketones (excluding diaryl/α,β-unsaturated/α-hetero) is 1. The lowest BCUT2D eigenvalue weighted by atomic mass is 10.1. The molecule has 0 saturated carbocycles. The number of ether oxygens (including phenoxy) is 1. The minimum absolute atomic E-state index is 0.0557. The number of nitro benzene ring substituents is 1. The van der Waals surface area contributed by atoms with Crippen molar-refractivity contribution in [3.63, 3.8) is 0 Å². The summed E-state index contributed by atoms with van der Waals surface area (Å²) in [5, 5.41) is 10.9. The highest BCUT2D eigenvalue weighted by Crippen LogP contribution is 2.26. The number of carbonyl (C=O) groups excluding carboxylic acids is 2. The average molecular weight is 340 g/mol. The minimum Gasteiger partial charge on any atom is -0.478 e. The highest BCUT2D eigenvalue weighted by atomic mass is 16.6. The van der Waals surface area contributed by atoms with Gasteiger partial charge in [-0.2, -0.15) is 0 Å². The SMILES string of the molecule is O=C(COc1ccccc1[N+](=O)[O-])c1ccc(N2CCCC2=O)cc1. The summed E-state index contributed by atoms with van der Waals surface area (Å²) < 4.78 is 5.31. The van der Waals surface area contributed by atoms with E-state index in [1.807, 2.05) is 0 Å². The lowest BCUT2D eigenvalue weighted by molar-refractivity contribution is -0.385. The van der Waals surface area contributed by atoms with Gasteiger partial charge in [0, 0.05) is 30.3 Å². The summed E-state index contributed by atoms with van der Waals surface area (Å²) in [4.78, 5) is 36.0. The molecule has 0 spiro atoms. The summed E-state index contributed by atoms with van der Waals surface area (Å²) in [6.07, 6.45) is 1.38. The number of ketones is 1. The minimum atomic E-state index is -0.554. The quantitative estimate of drug-likeness (QED) is 0.458. The van der Waals surface area contributed by atoms with Crippen LogP contribution in [0.5, 0.6) is 5.75 Å². The summed E-state index contributed by atoms with van der Waals surface area (Å²) >= 11 is 0. The molecule has 128 valence electrons. The fourth-order valence-corrected chi connectivity index (χ4v) is 2.71. The monoisotopic (exact) mass is 340 g/mol. The van der Waals surface area contributed by atoms with Crippen molar-refractivity contribution in [2.75, 3.05) is 18.1 Å². The Hall–Kier alpha value is -3.22. The van der Waals surface area contributed by atoms with E-state index in [9.17, 15) is 19.7 Å². The van der Waals surface area contributed by atoms with Crippen molar-refractivity contribution in [3.8, 4) is 5.75 Å². The Morgan fingerprint density at radius 2 is 1.88 bits per heavy atom. The first-order chi connectivity index (χ1) is 12.1. The third kappa shape index (κ3) is 3.65. The van der Waals surface area contributed by atoms with E-state index in [-0.39, 0.29) is 29.7 Å². The van der Waals surface area contributed by atoms with Gasteiger partial charge < -0.3 is 9.64 Å². The largest absolute Gasteiger partial charge is 0.478 e. The molecule has 2 aromatic carbocycles.